The molecule has 0 saturated carbocycles. The quantitative estimate of drug-likeness (QED) is 0.173. The van der Waals surface area contributed by atoms with Gasteiger partial charge in [-0.25, -0.2) is 14.4 Å². The van der Waals surface area contributed by atoms with Crippen molar-refractivity contribution >= 4 is 30.0 Å². The highest BCUT2D eigenvalue weighted by Gasteiger charge is 2.41. The van der Waals surface area contributed by atoms with E-state index in [0.29, 0.717) is 5.56 Å². The van der Waals surface area contributed by atoms with Gasteiger partial charge in [-0.3, -0.25) is 14.5 Å². The van der Waals surface area contributed by atoms with E-state index in [1.807, 2.05) is 38.1 Å². The Labute approximate surface area is 290 Å². The maximum Gasteiger partial charge on any atom is 0.411 e. The number of nitrogens with zero attached hydrogens (tertiary/aromatic N) is 1. The second kappa shape index (κ2) is 18.8. The summed E-state index contributed by atoms with van der Waals surface area (Å²) in [5.41, 5.74) is -0.336. The fraction of sp³-hybridized carbons (Fsp3) is 0.541. The Morgan fingerprint density at radius 2 is 1.31 bits per heavy atom. The normalized spacial score (nSPS) is 13.3. The summed E-state index contributed by atoms with van der Waals surface area (Å²) < 4.78 is 22.1. The minimum atomic E-state index is -1.47. The third-order valence-corrected chi connectivity index (χ3v) is 6.77. The van der Waals surface area contributed by atoms with E-state index < -0.39 is 59.4 Å². The number of benzene rings is 2. The molecule has 12 heteroatoms. The lowest BCUT2D eigenvalue weighted by atomic mass is 9.99. The van der Waals surface area contributed by atoms with E-state index in [1.54, 1.807) is 77.9 Å². The molecular weight excluding hydrogens is 630 g/mol. The van der Waals surface area contributed by atoms with Crippen LogP contribution in [-0.2, 0) is 46.5 Å². The monoisotopic (exact) mass is 683 g/mol. The number of nitrogens with one attached hydrogen (secondary N) is 2. The van der Waals surface area contributed by atoms with Crippen LogP contribution in [0.25, 0.3) is 0 Å². The Kier molecular flexibility index (Phi) is 15.6. The van der Waals surface area contributed by atoms with Gasteiger partial charge in [-0.15, -0.1) is 0 Å². The molecule has 0 aliphatic heterocycles. The third-order valence-electron chi connectivity index (χ3n) is 6.77. The van der Waals surface area contributed by atoms with Crippen molar-refractivity contribution in [1.82, 2.24) is 15.5 Å². The lowest BCUT2D eigenvalue weighted by Crippen LogP contribution is -2.62. The first-order chi connectivity index (χ1) is 22.8. The fourth-order valence-corrected chi connectivity index (χ4v) is 4.81. The average molecular weight is 684 g/mol. The molecule has 49 heavy (non-hydrogen) atoms. The number of ether oxygens (including phenoxy) is 4. The minimum Gasteiger partial charge on any atom is -0.466 e. The zero-order chi connectivity index (χ0) is 36.8. The average Bonchev–Trinajstić information content (AvgIpc) is 2.98. The van der Waals surface area contributed by atoms with Crippen molar-refractivity contribution in [2.75, 3.05) is 6.61 Å². The highest BCUT2D eigenvalue weighted by Crippen LogP contribution is 2.20. The van der Waals surface area contributed by atoms with Crippen molar-refractivity contribution in [3.05, 3.63) is 71.8 Å². The lowest BCUT2D eigenvalue weighted by Gasteiger charge is -2.37. The summed E-state index contributed by atoms with van der Waals surface area (Å²) in [6, 6.07) is 14.3. The SMILES string of the molecule is CC(=O)OCC[C@H](NC(=O)OC(C)(C)C)[C@@H](C(=O)N[C@@H](CC(C)C)C(=O)OC(C)(C)C)N(Cc1ccccc1)C(=O)OCc1ccccc1. The van der Waals surface area contributed by atoms with Crippen LogP contribution in [0.2, 0.25) is 0 Å². The van der Waals surface area contributed by atoms with E-state index >= 15 is 0 Å². The van der Waals surface area contributed by atoms with Crippen LogP contribution in [0.15, 0.2) is 60.7 Å². The van der Waals surface area contributed by atoms with E-state index in [4.69, 9.17) is 18.9 Å². The van der Waals surface area contributed by atoms with Crippen LogP contribution in [0.1, 0.15) is 86.3 Å². The van der Waals surface area contributed by atoms with Crippen LogP contribution in [-0.4, -0.2) is 70.9 Å². The molecule has 0 aliphatic rings. The summed E-state index contributed by atoms with van der Waals surface area (Å²) in [7, 11) is 0. The maximum absolute atomic E-state index is 14.6. The minimum absolute atomic E-state index is 0.0211. The number of amides is 3. The molecule has 3 atom stereocenters. The topological polar surface area (TPSA) is 150 Å². The number of alkyl carbamates (subject to hydrolysis) is 1. The molecule has 0 radical (unpaired) electrons. The standard InChI is InChI=1S/C37H53N3O9/c1-25(2)22-30(33(43)48-36(4,5)6)38-32(42)31(29(20-21-46-26(3)41)39-34(44)49-37(7,8)9)40(23-27-16-12-10-13-17-27)35(45)47-24-28-18-14-11-15-19-28/h10-19,25,29-31H,20-24H2,1-9H3,(H,38,42)(H,39,44)/t29-,30-,31-/m0/s1. The van der Waals surface area contributed by atoms with Crippen LogP contribution in [0, 0.1) is 5.92 Å². The van der Waals surface area contributed by atoms with Crippen molar-refractivity contribution in [2.24, 2.45) is 5.92 Å². The molecule has 0 heterocycles. The molecule has 2 aromatic rings. The first-order valence-electron chi connectivity index (χ1n) is 16.5. The van der Waals surface area contributed by atoms with Crippen LogP contribution in [0.4, 0.5) is 9.59 Å². The molecule has 2 rings (SSSR count). The van der Waals surface area contributed by atoms with Gasteiger partial charge in [-0.2, -0.15) is 0 Å². The molecule has 2 aromatic carbocycles. The van der Waals surface area contributed by atoms with E-state index in [0.717, 1.165) is 5.56 Å². The Morgan fingerprint density at radius 3 is 1.82 bits per heavy atom. The molecule has 0 spiro atoms. The van der Waals surface area contributed by atoms with E-state index in [1.165, 1.54) is 11.8 Å². The molecule has 3 amide bonds. The largest absolute Gasteiger partial charge is 0.466 e. The number of carbonyl (C=O) groups excluding carboxylic acids is 5. The van der Waals surface area contributed by atoms with Crippen molar-refractivity contribution < 1.29 is 42.9 Å². The van der Waals surface area contributed by atoms with Crippen LogP contribution in [0.3, 0.4) is 0 Å². The summed E-state index contributed by atoms with van der Waals surface area (Å²) in [6.07, 6.45) is -1.56. The maximum atomic E-state index is 14.6. The Morgan fingerprint density at radius 1 is 0.755 bits per heavy atom. The van der Waals surface area contributed by atoms with Gasteiger partial charge in [0.15, 0.2) is 0 Å². The van der Waals surface area contributed by atoms with E-state index in [-0.39, 0.29) is 38.5 Å². The zero-order valence-electron chi connectivity index (χ0n) is 30.2. The summed E-state index contributed by atoms with van der Waals surface area (Å²) in [4.78, 5) is 68.1. The Balaban J connectivity index is 2.68. The molecule has 12 nitrogen and oxygen atoms in total. The first-order valence-corrected chi connectivity index (χ1v) is 16.5. The number of hydrogen-bond donors (Lipinski definition) is 2. The summed E-state index contributed by atoms with van der Waals surface area (Å²) >= 11 is 0. The molecule has 0 fully saturated rings. The van der Waals surface area contributed by atoms with Crippen molar-refractivity contribution in [1.29, 1.82) is 0 Å². The number of esters is 2. The molecule has 0 aromatic heterocycles. The summed E-state index contributed by atoms with van der Waals surface area (Å²) in [5.74, 6) is -1.99. The Bertz CT molecular complexity index is 1370. The molecule has 2 N–H and O–H groups in total. The predicted molar refractivity (Wildman–Crippen MR) is 184 cm³/mol. The van der Waals surface area contributed by atoms with Gasteiger partial charge in [0.25, 0.3) is 0 Å². The summed E-state index contributed by atoms with van der Waals surface area (Å²) in [5, 5.41) is 5.53. The van der Waals surface area contributed by atoms with E-state index in [9.17, 15) is 24.0 Å². The molecule has 0 bridgehead atoms. The number of hydrogen-bond acceptors (Lipinski definition) is 9. The summed E-state index contributed by atoms with van der Waals surface area (Å²) in [6.45, 7) is 14.9. The number of carbonyl (C=O) groups is 5. The van der Waals surface area contributed by atoms with Gasteiger partial charge in [-0.1, -0.05) is 74.5 Å². The van der Waals surface area contributed by atoms with Gasteiger partial charge in [0, 0.05) is 19.9 Å². The van der Waals surface area contributed by atoms with Gasteiger partial charge in [-0.05, 0) is 65.0 Å². The second-order valence-corrected chi connectivity index (χ2v) is 14.2. The van der Waals surface area contributed by atoms with Crippen LogP contribution in [0.5, 0.6) is 0 Å². The molecule has 0 saturated heterocycles. The van der Waals surface area contributed by atoms with Crippen molar-refractivity contribution in [2.45, 2.75) is 118 Å². The molecule has 0 aliphatic carbocycles. The Hall–Kier alpha value is -4.61. The molecule has 270 valence electrons. The van der Waals surface area contributed by atoms with Crippen molar-refractivity contribution in [3.63, 3.8) is 0 Å². The van der Waals surface area contributed by atoms with Gasteiger partial charge in [0.05, 0.1) is 12.6 Å². The third kappa shape index (κ3) is 15.9. The highest BCUT2D eigenvalue weighted by molar-refractivity contribution is 5.91. The van der Waals surface area contributed by atoms with E-state index in [2.05, 4.69) is 10.6 Å². The van der Waals surface area contributed by atoms with Crippen LogP contribution >= 0.6 is 0 Å². The van der Waals surface area contributed by atoms with Gasteiger partial charge >= 0.3 is 24.1 Å². The fourth-order valence-electron chi connectivity index (χ4n) is 4.81. The first kappa shape index (κ1) is 40.6. The predicted octanol–water partition coefficient (Wildman–Crippen LogP) is 5.91. The van der Waals surface area contributed by atoms with Gasteiger partial charge < -0.3 is 29.6 Å². The highest BCUT2D eigenvalue weighted by atomic mass is 16.6. The number of rotatable bonds is 15. The van der Waals surface area contributed by atoms with Gasteiger partial charge in [0.1, 0.15) is 29.9 Å². The lowest BCUT2D eigenvalue weighted by molar-refractivity contribution is -0.159. The zero-order valence-corrected chi connectivity index (χ0v) is 30.2. The molecule has 0 unspecified atom stereocenters. The van der Waals surface area contributed by atoms with Gasteiger partial charge in [0.2, 0.25) is 5.91 Å². The second-order valence-electron chi connectivity index (χ2n) is 14.2. The van der Waals surface area contributed by atoms with Crippen LogP contribution < -0.4 is 10.6 Å². The van der Waals surface area contributed by atoms with Crippen molar-refractivity contribution in [3.8, 4) is 0 Å². The smallest absolute Gasteiger partial charge is 0.411 e. The molecular formula is C37H53N3O9.